The number of nitrogens with zero attached hydrogens (tertiary/aromatic N) is 5. The molecule has 1 fully saturated rings. The van der Waals surface area contributed by atoms with Gasteiger partial charge in [-0.3, -0.25) is 4.79 Å². The van der Waals surface area contributed by atoms with Crippen molar-refractivity contribution >= 4 is 23.5 Å². The van der Waals surface area contributed by atoms with E-state index >= 15 is 0 Å². The summed E-state index contributed by atoms with van der Waals surface area (Å²) >= 11 is 1.18. The van der Waals surface area contributed by atoms with Gasteiger partial charge in [-0.15, -0.1) is 0 Å². The number of hydrogen-bond donors (Lipinski definition) is 1. The van der Waals surface area contributed by atoms with E-state index in [0.29, 0.717) is 40.0 Å². The number of aromatic nitrogens is 1. The maximum absolute atomic E-state index is 12.3. The van der Waals surface area contributed by atoms with Crippen LogP contribution >= 0.6 is 11.8 Å². The van der Waals surface area contributed by atoms with Gasteiger partial charge in [-0.05, 0) is 38.1 Å². The minimum atomic E-state index is -0.681. The third-order valence-electron chi connectivity index (χ3n) is 5.61. The van der Waals surface area contributed by atoms with Gasteiger partial charge in [0.2, 0.25) is 5.91 Å². The van der Waals surface area contributed by atoms with Crippen molar-refractivity contribution in [3.63, 3.8) is 0 Å². The number of carbonyl (C=O) groups is 1. The highest BCUT2D eigenvalue weighted by Gasteiger charge is 2.31. The van der Waals surface area contributed by atoms with Crippen molar-refractivity contribution in [2.45, 2.75) is 36.1 Å². The molecule has 1 amide bonds. The normalized spacial score (nSPS) is 16.7. The molecule has 1 aliphatic heterocycles. The average Bonchev–Trinajstić information content (AvgIpc) is 3.27. The molecule has 0 radical (unpaired) electrons. The molecule has 0 spiro atoms. The molecule has 31 heavy (non-hydrogen) atoms. The Morgan fingerprint density at radius 2 is 1.97 bits per heavy atom. The van der Waals surface area contributed by atoms with Gasteiger partial charge in [0.05, 0.1) is 11.1 Å². The highest BCUT2D eigenvalue weighted by Crippen LogP contribution is 2.40. The molecule has 0 saturated carbocycles. The molecule has 2 aromatic rings. The van der Waals surface area contributed by atoms with Crippen molar-refractivity contribution in [2.24, 2.45) is 5.73 Å². The fraction of sp³-hybridized carbons (Fsp3) is 0.391. The number of likely N-dealkylation sites (N-methyl/N-ethyl adjacent to an activating group) is 1. The van der Waals surface area contributed by atoms with Crippen molar-refractivity contribution in [3.05, 3.63) is 52.6 Å². The summed E-state index contributed by atoms with van der Waals surface area (Å²) in [5.74, 6) is 0.0844. The Morgan fingerprint density at radius 1 is 1.29 bits per heavy atom. The summed E-state index contributed by atoms with van der Waals surface area (Å²) in [6.07, 6.45) is 1.49. The summed E-state index contributed by atoms with van der Waals surface area (Å²) in [5.41, 5.74) is 7.92. The van der Waals surface area contributed by atoms with Gasteiger partial charge in [0.15, 0.2) is 0 Å². The summed E-state index contributed by atoms with van der Waals surface area (Å²) in [4.78, 5) is 21.3. The van der Waals surface area contributed by atoms with Crippen molar-refractivity contribution in [1.82, 2.24) is 9.88 Å². The molecule has 0 bridgehead atoms. The second-order valence-corrected chi connectivity index (χ2v) is 8.80. The summed E-state index contributed by atoms with van der Waals surface area (Å²) in [6.45, 7) is 3.46. The van der Waals surface area contributed by atoms with E-state index in [9.17, 15) is 15.3 Å². The second-order valence-electron chi connectivity index (χ2n) is 7.71. The van der Waals surface area contributed by atoms with E-state index in [1.165, 1.54) is 11.8 Å². The molecule has 7 nitrogen and oxygen atoms in total. The van der Waals surface area contributed by atoms with Gasteiger partial charge in [0, 0.05) is 19.1 Å². The average molecular weight is 435 g/mol. The van der Waals surface area contributed by atoms with E-state index in [4.69, 9.17) is 10.7 Å². The number of nitriles is 2. The predicted molar refractivity (Wildman–Crippen MR) is 122 cm³/mol. The topological polar surface area (TPSA) is 110 Å². The summed E-state index contributed by atoms with van der Waals surface area (Å²) < 4.78 is 0. The van der Waals surface area contributed by atoms with Gasteiger partial charge >= 0.3 is 0 Å². The lowest BCUT2D eigenvalue weighted by Gasteiger charge is -2.24. The molecule has 1 aliphatic rings. The molecular formula is C23H26N6OS. The van der Waals surface area contributed by atoms with E-state index < -0.39 is 11.2 Å². The quantitative estimate of drug-likeness (QED) is 0.667. The van der Waals surface area contributed by atoms with E-state index in [-0.39, 0.29) is 0 Å². The first-order chi connectivity index (χ1) is 14.9. The fourth-order valence-corrected chi connectivity index (χ4v) is 4.94. The number of carbonyl (C=O) groups excluding carboxylic acids is 1. The number of primary amides is 1. The zero-order chi connectivity index (χ0) is 22.5. The van der Waals surface area contributed by atoms with Gasteiger partial charge in [-0.2, -0.15) is 10.5 Å². The number of thioether (sulfide) groups is 1. The van der Waals surface area contributed by atoms with Gasteiger partial charge in [-0.25, -0.2) is 4.98 Å². The SMILES string of the molecule is CCc1c(C#N)c(SC(C(N)=O)c2ccccc2)nc(N2CCC(N(C)C)C2)c1C#N. The Balaban J connectivity index is 2.10. The maximum atomic E-state index is 12.3. The second kappa shape index (κ2) is 9.82. The molecule has 1 saturated heterocycles. The van der Waals surface area contributed by atoms with Gasteiger partial charge in [0.25, 0.3) is 0 Å². The monoisotopic (exact) mass is 434 g/mol. The number of amides is 1. The molecule has 2 N–H and O–H groups in total. The summed E-state index contributed by atoms with van der Waals surface area (Å²) in [6, 6.07) is 14.1. The molecule has 2 atom stereocenters. The van der Waals surface area contributed by atoms with Crippen LogP contribution in [0.2, 0.25) is 0 Å². The molecular weight excluding hydrogens is 408 g/mol. The number of rotatable bonds is 7. The van der Waals surface area contributed by atoms with Gasteiger partial charge < -0.3 is 15.5 Å². The minimum absolute atomic E-state index is 0.346. The molecule has 3 rings (SSSR count). The maximum Gasteiger partial charge on any atom is 0.235 e. The van der Waals surface area contributed by atoms with Crippen LogP contribution in [0.15, 0.2) is 35.4 Å². The van der Waals surface area contributed by atoms with Crippen LogP contribution in [-0.4, -0.2) is 49.0 Å². The van der Waals surface area contributed by atoms with E-state index in [1.807, 2.05) is 51.4 Å². The first-order valence-corrected chi connectivity index (χ1v) is 11.1. The minimum Gasteiger partial charge on any atom is -0.368 e. The lowest BCUT2D eigenvalue weighted by molar-refractivity contribution is -0.117. The Bertz CT molecular complexity index is 1040. The van der Waals surface area contributed by atoms with E-state index in [2.05, 4.69) is 21.9 Å². The lowest BCUT2D eigenvalue weighted by Crippen LogP contribution is -2.32. The van der Waals surface area contributed by atoms with Crippen molar-refractivity contribution in [1.29, 1.82) is 10.5 Å². The predicted octanol–water partition coefficient (Wildman–Crippen LogP) is 2.85. The van der Waals surface area contributed by atoms with Crippen LogP contribution in [-0.2, 0) is 11.2 Å². The number of hydrogen-bond acceptors (Lipinski definition) is 7. The first-order valence-electron chi connectivity index (χ1n) is 10.2. The standard InChI is InChI=1S/C23H26N6OS/c1-4-17-18(12-24)22(29-11-10-16(14-29)28(2)3)27-23(19(17)13-25)31-20(21(26)30)15-8-6-5-7-9-15/h5-9,16,20H,4,10-11,14H2,1-3H3,(H2,26,30). The van der Waals surface area contributed by atoms with Crippen molar-refractivity contribution in [2.75, 3.05) is 32.1 Å². The Kier molecular flexibility index (Phi) is 7.17. The third-order valence-corrected chi connectivity index (χ3v) is 6.87. The Labute approximate surface area is 187 Å². The number of benzene rings is 1. The largest absolute Gasteiger partial charge is 0.368 e. The van der Waals surface area contributed by atoms with Gasteiger partial charge in [0.1, 0.15) is 28.2 Å². The number of anilines is 1. The van der Waals surface area contributed by atoms with E-state index in [0.717, 1.165) is 25.1 Å². The number of pyridine rings is 1. The van der Waals surface area contributed by atoms with E-state index in [1.54, 1.807) is 0 Å². The summed E-state index contributed by atoms with van der Waals surface area (Å²) in [7, 11) is 4.09. The first kappa shape index (κ1) is 22.6. The highest BCUT2D eigenvalue weighted by atomic mass is 32.2. The molecule has 0 aliphatic carbocycles. The van der Waals surface area contributed by atoms with Crippen LogP contribution in [0.1, 0.15) is 40.8 Å². The molecule has 2 heterocycles. The fourth-order valence-electron chi connectivity index (χ4n) is 3.88. The zero-order valence-electron chi connectivity index (χ0n) is 18.0. The highest BCUT2D eigenvalue weighted by molar-refractivity contribution is 8.00. The zero-order valence-corrected chi connectivity index (χ0v) is 18.8. The van der Waals surface area contributed by atoms with Crippen molar-refractivity contribution < 1.29 is 4.79 Å². The van der Waals surface area contributed by atoms with Crippen LogP contribution in [0, 0.1) is 22.7 Å². The number of nitrogens with two attached hydrogens (primary N) is 1. The van der Waals surface area contributed by atoms with Crippen LogP contribution < -0.4 is 10.6 Å². The van der Waals surface area contributed by atoms with Crippen LogP contribution in [0.25, 0.3) is 0 Å². The summed E-state index contributed by atoms with van der Waals surface area (Å²) in [5, 5.41) is 19.6. The van der Waals surface area contributed by atoms with Crippen LogP contribution in [0.5, 0.6) is 0 Å². The third kappa shape index (κ3) is 4.66. The molecule has 160 valence electrons. The molecule has 2 unspecified atom stereocenters. The molecule has 1 aromatic carbocycles. The molecule has 8 heteroatoms. The lowest BCUT2D eigenvalue weighted by atomic mass is 10.0. The van der Waals surface area contributed by atoms with Crippen LogP contribution in [0.3, 0.4) is 0 Å². The molecule has 1 aromatic heterocycles. The smallest absolute Gasteiger partial charge is 0.235 e. The van der Waals surface area contributed by atoms with Crippen LogP contribution in [0.4, 0.5) is 5.82 Å². The van der Waals surface area contributed by atoms with Crippen molar-refractivity contribution in [3.8, 4) is 12.1 Å². The van der Waals surface area contributed by atoms with Gasteiger partial charge in [-0.1, -0.05) is 49.0 Å². The Morgan fingerprint density at radius 3 is 2.48 bits per heavy atom. The Hall–Kier alpha value is -3.07.